The molecule has 0 aromatic heterocycles. The highest BCUT2D eigenvalue weighted by Gasteiger charge is 2.11. The van der Waals surface area contributed by atoms with Gasteiger partial charge in [0.05, 0.1) is 10.7 Å². The first-order valence-electron chi connectivity index (χ1n) is 6.95. The summed E-state index contributed by atoms with van der Waals surface area (Å²) in [6.07, 6.45) is 3.17. The molecule has 1 amide bonds. The van der Waals surface area contributed by atoms with E-state index >= 15 is 0 Å². The van der Waals surface area contributed by atoms with Gasteiger partial charge in [0.2, 0.25) is 5.91 Å². The Morgan fingerprint density at radius 2 is 1.91 bits per heavy atom. The average Bonchev–Trinajstić information content (AvgIpc) is 2.55. The number of benzene rings is 2. The molecule has 1 N–H and O–H groups in total. The van der Waals surface area contributed by atoms with Crippen molar-refractivity contribution >= 4 is 51.9 Å². The fraction of sp³-hybridized carbons (Fsp3) is 0.118. The molecule has 3 rings (SSSR count). The molecule has 0 spiro atoms. The van der Waals surface area contributed by atoms with Crippen LogP contribution < -0.4 is 14.8 Å². The molecule has 6 heteroatoms. The summed E-state index contributed by atoms with van der Waals surface area (Å²) in [7, 11) is 0. The van der Waals surface area contributed by atoms with Crippen LogP contribution in [0, 0.1) is 3.57 Å². The minimum absolute atomic E-state index is 0.247. The van der Waals surface area contributed by atoms with Crippen molar-refractivity contribution in [3.05, 3.63) is 56.6 Å². The van der Waals surface area contributed by atoms with Crippen molar-refractivity contribution in [2.45, 2.75) is 0 Å². The monoisotopic (exact) mass is 441 g/mol. The van der Waals surface area contributed by atoms with E-state index in [9.17, 15) is 4.79 Å². The van der Waals surface area contributed by atoms with Gasteiger partial charge >= 0.3 is 0 Å². The van der Waals surface area contributed by atoms with Gasteiger partial charge in [-0.2, -0.15) is 0 Å². The summed E-state index contributed by atoms with van der Waals surface area (Å²) in [5, 5.41) is 3.27. The normalized spacial score (nSPS) is 13.1. The van der Waals surface area contributed by atoms with Crippen molar-refractivity contribution in [1.29, 1.82) is 0 Å². The average molecular weight is 442 g/mol. The number of anilines is 1. The van der Waals surface area contributed by atoms with E-state index in [2.05, 4.69) is 27.9 Å². The smallest absolute Gasteiger partial charge is 0.248 e. The van der Waals surface area contributed by atoms with Crippen LogP contribution in [0.5, 0.6) is 11.5 Å². The van der Waals surface area contributed by atoms with Gasteiger partial charge in [-0.25, -0.2) is 0 Å². The predicted molar refractivity (Wildman–Crippen MR) is 99.3 cm³/mol. The molecule has 23 heavy (non-hydrogen) atoms. The van der Waals surface area contributed by atoms with E-state index in [1.54, 1.807) is 18.2 Å². The second-order valence-electron chi connectivity index (χ2n) is 4.85. The molecule has 0 aliphatic carbocycles. The van der Waals surface area contributed by atoms with E-state index in [4.69, 9.17) is 21.1 Å². The standard InChI is InChI=1S/C17H13ClINO3/c18-13-10-12(19)3-4-14(13)20-17(21)6-2-11-1-5-15-16(9-11)23-8-7-22-15/h1-6,9-10H,7-8H2,(H,20,21)/b6-2+. The maximum atomic E-state index is 12.0. The van der Waals surface area contributed by atoms with Crippen LogP contribution in [-0.4, -0.2) is 19.1 Å². The zero-order chi connectivity index (χ0) is 16.2. The number of amides is 1. The maximum absolute atomic E-state index is 12.0. The number of hydrogen-bond acceptors (Lipinski definition) is 3. The van der Waals surface area contributed by atoms with E-state index in [-0.39, 0.29) is 5.91 Å². The highest BCUT2D eigenvalue weighted by atomic mass is 127. The minimum Gasteiger partial charge on any atom is -0.486 e. The molecule has 1 aliphatic heterocycles. The van der Waals surface area contributed by atoms with Crippen molar-refractivity contribution in [3.63, 3.8) is 0 Å². The molecule has 0 radical (unpaired) electrons. The molecule has 0 atom stereocenters. The van der Waals surface area contributed by atoms with E-state index in [0.29, 0.717) is 29.7 Å². The quantitative estimate of drug-likeness (QED) is 0.568. The van der Waals surface area contributed by atoms with Gasteiger partial charge in [0, 0.05) is 9.65 Å². The van der Waals surface area contributed by atoms with Gasteiger partial charge in [0.15, 0.2) is 11.5 Å². The van der Waals surface area contributed by atoms with Gasteiger partial charge < -0.3 is 14.8 Å². The summed E-state index contributed by atoms with van der Waals surface area (Å²) in [6.45, 7) is 1.09. The van der Waals surface area contributed by atoms with E-state index in [0.717, 1.165) is 14.9 Å². The molecule has 0 saturated carbocycles. The lowest BCUT2D eigenvalue weighted by atomic mass is 10.2. The SMILES string of the molecule is O=C(/C=C/c1ccc2c(c1)OCCO2)Nc1ccc(I)cc1Cl. The van der Waals surface area contributed by atoms with Crippen LogP contribution in [-0.2, 0) is 4.79 Å². The fourth-order valence-electron chi connectivity index (χ4n) is 2.10. The van der Waals surface area contributed by atoms with Gasteiger partial charge in [0.25, 0.3) is 0 Å². The molecule has 4 nitrogen and oxygen atoms in total. The summed E-state index contributed by atoms with van der Waals surface area (Å²) in [6, 6.07) is 11.0. The molecular weight excluding hydrogens is 429 g/mol. The number of fused-ring (bicyclic) bond motifs is 1. The summed E-state index contributed by atoms with van der Waals surface area (Å²) >= 11 is 8.26. The lowest BCUT2D eigenvalue weighted by molar-refractivity contribution is -0.111. The van der Waals surface area contributed by atoms with Crippen molar-refractivity contribution in [2.24, 2.45) is 0 Å². The Morgan fingerprint density at radius 1 is 1.13 bits per heavy atom. The summed E-state index contributed by atoms with van der Waals surface area (Å²) in [5.74, 6) is 1.17. The first kappa shape index (κ1) is 16.1. The van der Waals surface area contributed by atoms with E-state index in [1.165, 1.54) is 6.08 Å². The third kappa shape index (κ3) is 4.17. The molecule has 1 heterocycles. The van der Waals surface area contributed by atoms with Gasteiger partial charge in [-0.15, -0.1) is 0 Å². The number of halogens is 2. The Hall–Kier alpha value is -1.73. The summed E-state index contributed by atoms with van der Waals surface area (Å²) < 4.78 is 12.0. The van der Waals surface area contributed by atoms with Crippen molar-refractivity contribution < 1.29 is 14.3 Å². The highest BCUT2D eigenvalue weighted by molar-refractivity contribution is 14.1. The first-order chi connectivity index (χ1) is 11.1. The molecule has 2 aromatic rings. The fourth-order valence-corrected chi connectivity index (χ4v) is 3.00. The molecule has 1 aliphatic rings. The van der Waals surface area contributed by atoms with Crippen molar-refractivity contribution in [1.82, 2.24) is 0 Å². The maximum Gasteiger partial charge on any atom is 0.248 e. The molecular formula is C17H13ClINO3. The Labute approximate surface area is 152 Å². The topological polar surface area (TPSA) is 47.6 Å². The first-order valence-corrected chi connectivity index (χ1v) is 8.41. The second kappa shape index (κ2) is 7.23. The highest BCUT2D eigenvalue weighted by Crippen LogP contribution is 2.31. The minimum atomic E-state index is -0.247. The van der Waals surface area contributed by atoms with Crippen molar-refractivity contribution in [2.75, 3.05) is 18.5 Å². The van der Waals surface area contributed by atoms with Crippen LogP contribution in [0.15, 0.2) is 42.5 Å². The zero-order valence-corrected chi connectivity index (χ0v) is 14.9. The summed E-state index contributed by atoms with van der Waals surface area (Å²) in [5.41, 5.74) is 1.45. The van der Waals surface area contributed by atoms with Crippen LogP contribution in [0.1, 0.15) is 5.56 Å². The number of hydrogen-bond donors (Lipinski definition) is 1. The number of carbonyl (C=O) groups is 1. The third-order valence-electron chi connectivity index (χ3n) is 3.18. The zero-order valence-electron chi connectivity index (χ0n) is 12.0. The number of ether oxygens (including phenoxy) is 2. The summed E-state index contributed by atoms with van der Waals surface area (Å²) in [4.78, 5) is 12.0. The number of carbonyl (C=O) groups excluding carboxylic acids is 1. The largest absolute Gasteiger partial charge is 0.486 e. The number of nitrogens with one attached hydrogen (secondary N) is 1. The Morgan fingerprint density at radius 3 is 2.70 bits per heavy atom. The molecule has 0 unspecified atom stereocenters. The number of rotatable bonds is 3. The van der Waals surface area contributed by atoms with Crippen LogP contribution in [0.4, 0.5) is 5.69 Å². The van der Waals surface area contributed by atoms with Crippen molar-refractivity contribution in [3.8, 4) is 11.5 Å². The van der Waals surface area contributed by atoms with Crippen LogP contribution in [0.25, 0.3) is 6.08 Å². The lowest BCUT2D eigenvalue weighted by Gasteiger charge is -2.18. The Balaban J connectivity index is 1.68. The van der Waals surface area contributed by atoms with Crippen LogP contribution in [0.2, 0.25) is 5.02 Å². The molecule has 2 aromatic carbocycles. The van der Waals surface area contributed by atoms with Crippen LogP contribution in [0.3, 0.4) is 0 Å². The predicted octanol–water partition coefficient (Wildman–Crippen LogP) is 4.37. The van der Waals surface area contributed by atoms with E-state index in [1.807, 2.05) is 24.3 Å². The Bertz CT molecular complexity index is 776. The molecule has 0 fully saturated rings. The van der Waals surface area contributed by atoms with Gasteiger partial charge in [0.1, 0.15) is 13.2 Å². The lowest BCUT2D eigenvalue weighted by Crippen LogP contribution is -2.15. The van der Waals surface area contributed by atoms with Crippen LogP contribution >= 0.6 is 34.2 Å². The van der Waals surface area contributed by atoms with E-state index < -0.39 is 0 Å². The molecule has 0 bridgehead atoms. The van der Waals surface area contributed by atoms with Gasteiger partial charge in [-0.3, -0.25) is 4.79 Å². The van der Waals surface area contributed by atoms with Gasteiger partial charge in [-0.1, -0.05) is 17.7 Å². The second-order valence-corrected chi connectivity index (χ2v) is 6.50. The van der Waals surface area contributed by atoms with Gasteiger partial charge in [-0.05, 0) is 64.6 Å². The molecule has 0 saturated heterocycles. The third-order valence-corrected chi connectivity index (χ3v) is 4.17. The molecule has 118 valence electrons. The Kier molecular flexibility index (Phi) is 5.07.